The van der Waals surface area contributed by atoms with Gasteiger partial charge in [0, 0.05) is 37.1 Å². The van der Waals surface area contributed by atoms with Crippen LogP contribution in [-0.4, -0.2) is 46.8 Å². The van der Waals surface area contributed by atoms with Crippen molar-refractivity contribution in [2.45, 2.75) is 19.8 Å². The Hall–Kier alpha value is -3.12. The maximum absolute atomic E-state index is 10.9. The van der Waals surface area contributed by atoms with E-state index in [0.29, 0.717) is 18.8 Å². The van der Waals surface area contributed by atoms with Crippen LogP contribution in [0.5, 0.6) is 5.75 Å². The summed E-state index contributed by atoms with van der Waals surface area (Å²) in [6.07, 6.45) is 2.27. The summed E-state index contributed by atoms with van der Waals surface area (Å²) in [5.41, 5.74) is 0.636. The number of aromatic hydroxyl groups is 1. The Morgan fingerprint density at radius 3 is 2.59 bits per heavy atom. The number of benzene rings is 1. The van der Waals surface area contributed by atoms with Gasteiger partial charge >= 0.3 is 0 Å². The molecule has 1 heterocycles. The van der Waals surface area contributed by atoms with E-state index in [9.17, 15) is 23.6 Å². The second kappa shape index (κ2) is 9.89. The number of nitro groups is 1. The molecule has 2 aromatic rings. The number of phenols is 1. The predicted molar refractivity (Wildman–Crippen MR) is 107 cm³/mol. The molecule has 0 saturated heterocycles. The molecule has 1 aromatic carbocycles. The van der Waals surface area contributed by atoms with E-state index in [1.54, 1.807) is 6.07 Å². The topological polar surface area (TPSA) is 159 Å². The SMILES string of the molecule is CCCN(CCCS(=O)(=O)O)c1ccc(N=Nc2cc([N+](=O)[O-])ccn2)c(O)c1. The van der Waals surface area contributed by atoms with Gasteiger partial charge in [-0.05, 0) is 25.0 Å². The standard InChI is InChI=1S/C17H21N5O6S/c1-2-8-21(9-3-10-29(26,27)28)13-4-5-15(16(23)11-13)19-20-17-12-14(22(24)25)6-7-18-17/h4-7,11-12,23H,2-3,8-10H2,1H3,(H,26,27,28). The third kappa shape index (κ3) is 7.08. The van der Waals surface area contributed by atoms with Gasteiger partial charge in [-0.25, -0.2) is 4.98 Å². The van der Waals surface area contributed by atoms with Gasteiger partial charge in [-0.1, -0.05) is 6.92 Å². The number of hydrogen-bond acceptors (Lipinski definition) is 9. The van der Waals surface area contributed by atoms with Crippen molar-refractivity contribution in [3.05, 3.63) is 46.6 Å². The summed E-state index contributed by atoms with van der Waals surface area (Å²) in [4.78, 5) is 16.0. The summed E-state index contributed by atoms with van der Waals surface area (Å²) in [6.45, 7) is 2.97. The highest BCUT2D eigenvalue weighted by Gasteiger charge is 2.12. The van der Waals surface area contributed by atoms with Gasteiger partial charge in [0.1, 0.15) is 11.4 Å². The number of rotatable bonds is 10. The van der Waals surface area contributed by atoms with Crippen molar-refractivity contribution < 1.29 is 23.0 Å². The number of phenolic OH excluding ortho intramolecular Hbond substituents is 1. The molecule has 2 N–H and O–H groups in total. The van der Waals surface area contributed by atoms with Crippen molar-refractivity contribution >= 4 is 33.0 Å². The van der Waals surface area contributed by atoms with E-state index in [4.69, 9.17) is 4.55 Å². The minimum atomic E-state index is -4.03. The largest absolute Gasteiger partial charge is 0.506 e. The summed E-state index contributed by atoms with van der Waals surface area (Å²) in [5.74, 6) is -0.477. The maximum atomic E-state index is 10.9. The van der Waals surface area contributed by atoms with E-state index >= 15 is 0 Å². The molecule has 29 heavy (non-hydrogen) atoms. The first-order valence-corrected chi connectivity index (χ1v) is 10.4. The number of anilines is 1. The van der Waals surface area contributed by atoms with Gasteiger partial charge in [0.05, 0.1) is 16.7 Å². The lowest BCUT2D eigenvalue weighted by molar-refractivity contribution is -0.384. The molecule has 0 spiro atoms. The van der Waals surface area contributed by atoms with Crippen LogP contribution in [0.1, 0.15) is 19.8 Å². The van der Waals surface area contributed by atoms with Crippen LogP contribution in [0.3, 0.4) is 0 Å². The smallest absolute Gasteiger partial charge is 0.274 e. The molecule has 12 heteroatoms. The number of nitrogens with zero attached hydrogens (tertiary/aromatic N) is 5. The van der Waals surface area contributed by atoms with Crippen LogP contribution in [0.15, 0.2) is 46.8 Å². The van der Waals surface area contributed by atoms with Crippen molar-refractivity contribution in [1.29, 1.82) is 0 Å². The normalized spacial score (nSPS) is 11.7. The molecule has 0 saturated carbocycles. The first-order valence-electron chi connectivity index (χ1n) is 8.75. The Kier molecular flexibility index (Phi) is 7.56. The Morgan fingerprint density at radius 2 is 1.97 bits per heavy atom. The average Bonchev–Trinajstić information content (AvgIpc) is 2.65. The quantitative estimate of drug-likeness (QED) is 0.254. The minimum absolute atomic E-state index is 0.0282. The lowest BCUT2D eigenvalue weighted by atomic mass is 10.2. The number of azo groups is 1. The Morgan fingerprint density at radius 1 is 1.21 bits per heavy atom. The van der Waals surface area contributed by atoms with Gasteiger partial charge < -0.3 is 10.0 Å². The van der Waals surface area contributed by atoms with Crippen LogP contribution in [0, 0.1) is 10.1 Å². The summed E-state index contributed by atoms with van der Waals surface area (Å²) in [7, 11) is -4.03. The molecule has 0 aliphatic heterocycles. The van der Waals surface area contributed by atoms with Crippen molar-refractivity contribution in [3.8, 4) is 5.75 Å². The average molecular weight is 423 g/mol. The summed E-state index contributed by atoms with van der Waals surface area (Å²) < 4.78 is 30.6. The Labute approximate surface area is 167 Å². The van der Waals surface area contributed by atoms with E-state index in [0.717, 1.165) is 12.5 Å². The van der Waals surface area contributed by atoms with Crippen molar-refractivity contribution in [3.63, 3.8) is 0 Å². The number of pyridine rings is 1. The Bertz CT molecular complexity index is 996. The van der Waals surface area contributed by atoms with E-state index in [1.165, 1.54) is 24.4 Å². The number of hydrogen-bond donors (Lipinski definition) is 2. The fourth-order valence-corrected chi connectivity index (χ4v) is 3.05. The highest BCUT2D eigenvalue weighted by Crippen LogP contribution is 2.32. The van der Waals surface area contributed by atoms with Crippen LogP contribution in [-0.2, 0) is 10.1 Å². The molecule has 0 radical (unpaired) electrons. The van der Waals surface area contributed by atoms with E-state index in [-0.39, 0.29) is 35.1 Å². The second-order valence-corrected chi connectivity index (χ2v) is 7.70. The van der Waals surface area contributed by atoms with Gasteiger partial charge in [-0.2, -0.15) is 8.42 Å². The highest BCUT2D eigenvalue weighted by atomic mass is 32.2. The fraction of sp³-hybridized carbons (Fsp3) is 0.353. The molecule has 0 aliphatic carbocycles. The van der Waals surface area contributed by atoms with Crippen molar-refractivity contribution in [2.75, 3.05) is 23.7 Å². The lowest BCUT2D eigenvalue weighted by Crippen LogP contribution is -2.26. The molecule has 156 valence electrons. The van der Waals surface area contributed by atoms with E-state index in [2.05, 4.69) is 15.2 Å². The third-order valence-electron chi connectivity index (χ3n) is 3.85. The van der Waals surface area contributed by atoms with E-state index in [1.807, 2.05) is 11.8 Å². The summed E-state index contributed by atoms with van der Waals surface area (Å²) in [6, 6.07) is 7.08. The van der Waals surface area contributed by atoms with Gasteiger partial charge in [-0.15, -0.1) is 10.2 Å². The van der Waals surface area contributed by atoms with Crippen LogP contribution in [0.2, 0.25) is 0 Å². The Balaban J connectivity index is 2.15. The first kappa shape index (κ1) is 22.2. The third-order valence-corrected chi connectivity index (χ3v) is 4.65. The van der Waals surface area contributed by atoms with Crippen LogP contribution >= 0.6 is 0 Å². The zero-order valence-corrected chi connectivity index (χ0v) is 16.5. The molecule has 2 rings (SSSR count). The van der Waals surface area contributed by atoms with Crippen LogP contribution < -0.4 is 4.90 Å². The predicted octanol–water partition coefficient (Wildman–Crippen LogP) is 3.61. The monoisotopic (exact) mass is 423 g/mol. The van der Waals surface area contributed by atoms with Crippen LogP contribution in [0.25, 0.3) is 0 Å². The highest BCUT2D eigenvalue weighted by molar-refractivity contribution is 7.85. The molecule has 0 aliphatic rings. The number of aromatic nitrogens is 1. The molecule has 11 nitrogen and oxygen atoms in total. The lowest BCUT2D eigenvalue weighted by Gasteiger charge is -2.24. The molecule has 0 fully saturated rings. The second-order valence-electron chi connectivity index (χ2n) is 6.13. The zero-order valence-electron chi connectivity index (χ0n) is 15.7. The zero-order chi connectivity index (χ0) is 21.4. The van der Waals surface area contributed by atoms with Gasteiger partial charge in [-0.3, -0.25) is 14.7 Å². The van der Waals surface area contributed by atoms with Gasteiger partial charge in [0.15, 0.2) is 5.82 Å². The fourth-order valence-electron chi connectivity index (χ4n) is 2.55. The molecule has 1 aromatic heterocycles. The molecule has 0 atom stereocenters. The van der Waals surface area contributed by atoms with Crippen molar-refractivity contribution in [1.82, 2.24) is 4.98 Å². The maximum Gasteiger partial charge on any atom is 0.274 e. The first-order chi connectivity index (χ1) is 13.7. The van der Waals surface area contributed by atoms with E-state index < -0.39 is 15.0 Å². The molecule has 0 amide bonds. The molecular formula is C17H21N5O6S. The van der Waals surface area contributed by atoms with Gasteiger partial charge in [0.2, 0.25) is 0 Å². The summed E-state index contributed by atoms with van der Waals surface area (Å²) in [5, 5.41) is 28.7. The molecular weight excluding hydrogens is 402 g/mol. The van der Waals surface area contributed by atoms with Gasteiger partial charge in [0.25, 0.3) is 15.8 Å². The summed E-state index contributed by atoms with van der Waals surface area (Å²) >= 11 is 0. The van der Waals surface area contributed by atoms with Crippen LogP contribution in [0.4, 0.5) is 22.9 Å². The molecule has 0 bridgehead atoms. The molecule has 0 unspecified atom stereocenters. The van der Waals surface area contributed by atoms with Crippen molar-refractivity contribution in [2.24, 2.45) is 10.2 Å². The minimum Gasteiger partial charge on any atom is -0.506 e.